The fourth-order valence-electron chi connectivity index (χ4n) is 2.70. The largest absolute Gasteiger partial charge is 0.355 e. The van der Waals surface area contributed by atoms with Crippen LogP contribution in [0.4, 0.5) is 0 Å². The van der Waals surface area contributed by atoms with E-state index >= 15 is 0 Å². The summed E-state index contributed by atoms with van der Waals surface area (Å²) in [6, 6.07) is 17.6. The van der Waals surface area contributed by atoms with E-state index in [2.05, 4.69) is 10.3 Å². The number of hydrogen-bond donors (Lipinski definition) is 1. The Morgan fingerprint density at radius 3 is 2.65 bits per heavy atom. The van der Waals surface area contributed by atoms with Crippen molar-refractivity contribution in [2.45, 2.75) is 17.7 Å². The van der Waals surface area contributed by atoms with E-state index in [1.165, 1.54) is 4.90 Å². The molecular formula is C20H21N3O2S. The molecular weight excluding hydrogens is 346 g/mol. The van der Waals surface area contributed by atoms with Crippen LogP contribution in [-0.4, -0.2) is 27.8 Å². The normalized spacial score (nSPS) is 10.8. The maximum absolute atomic E-state index is 12.4. The van der Waals surface area contributed by atoms with E-state index in [1.807, 2.05) is 54.6 Å². The van der Waals surface area contributed by atoms with Crippen molar-refractivity contribution in [1.29, 1.82) is 0 Å². The monoisotopic (exact) mass is 367 g/mol. The minimum atomic E-state index is -0.142. The molecule has 3 aromatic rings. The molecule has 0 aliphatic carbocycles. The molecule has 26 heavy (non-hydrogen) atoms. The second kappa shape index (κ2) is 8.67. The molecule has 0 aliphatic heterocycles. The first-order valence-corrected chi connectivity index (χ1v) is 9.53. The number of aryl methyl sites for hydroxylation is 2. The molecule has 0 bridgehead atoms. The van der Waals surface area contributed by atoms with Crippen molar-refractivity contribution in [3.63, 3.8) is 0 Å². The van der Waals surface area contributed by atoms with Crippen molar-refractivity contribution in [3.05, 3.63) is 70.6 Å². The standard InChI is InChI=1S/C20H21N3O2S/c1-23-18-10-6-5-9-16(18)22-17(20(23)25)11-12-19(24)21-13-14-26-15-7-3-2-4-8-15/h2-10H,11-14H2,1H3,(H,21,24). The number of benzene rings is 2. The zero-order valence-electron chi connectivity index (χ0n) is 14.6. The van der Waals surface area contributed by atoms with Gasteiger partial charge in [0.25, 0.3) is 5.56 Å². The van der Waals surface area contributed by atoms with Crippen LogP contribution in [0.2, 0.25) is 0 Å². The highest BCUT2D eigenvalue weighted by Crippen LogP contribution is 2.15. The molecule has 0 unspecified atom stereocenters. The topological polar surface area (TPSA) is 64.0 Å². The first-order chi connectivity index (χ1) is 12.6. The molecule has 0 radical (unpaired) electrons. The Morgan fingerprint density at radius 1 is 1.12 bits per heavy atom. The number of thioether (sulfide) groups is 1. The van der Waals surface area contributed by atoms with Crippen molar-refractivity contribution >= 4 is 28.7 Å². The summed E-state index contributed by atoms with van der Waals surface area (Å²) in [6.45, 7) is 0.599. The molecule has 1 amide bonds. The lowest BCUT2D eigenvalue weighted by atomic mass is 10.2. The van der Waals surface area contributed by atoms with Crippen LogP contribution in [0.5, 0.6) is 0 Å². The van der Waals surface area contributed by atoms with Gasteiger partial charge < -0.3 is 9.88 Å². The van der Waals surface area contributed by atoms with E-state index in [0.29, 0.717) is 18.7 Å². The number of rotatable bonds is 7. The number of nitrogens with one attached hydrogen (secondary N) is 1. The molecule has 6 heteroatoms. The average molecular weight is 367 g/mol. The van der Waals surface area contributed by atoms with Gasteiger partial charge in [-0.3, -0.25) is 9.59 Å². The van der Waals surface area contributed by atoms with Crippen molar-refractivity contribution in [2.24, 2.45) is 7.05 Å². The lowest BCUT2D eigenvalue weighted by Gasteiger charge is -2.08. The minimum absolute atomic E-state index is 0.0596. The third kappa shape index (κ3) is 4.52. The van der Waals surface area contributed by atoms with Crippen LogP contribution in [0.3, 0.4) is 0 Å². The van der Waals surface area contributed by atoms with Crippen LogP contribution >= 0.6 is 11.8 Å². The molecule has 3 rings (SSSR count). The van der Waals surface area contributed by atoms with Gasteiger partial charge >= 0.3 is 0 Å². The van der Waals surface area contributed by atoms with Gasteiger partial charge in [0.15, 0.2) is 0 Å². The predicted molar refractivity (Wildman–Crippen MR) is 105 cm³/mol. The van der Waals surface area contributed by atoms with Gasteiger partial charge in [-0.05, 0) is 24.3 Å². The molecule has 5 nitrogen and oxygen atoms in total. The van der Waals surface area contributed by atoms with Gasteiger partial charge in [-0.1, -0.05) is 30.3 Å². The Hall–Kier alpha value is -2.60. The van der Waals surface area contributed by atoms with E-state index in [4.69, 9.17) is 0 Å². The number of para-hydroxylation sites is 2. The summed E-state index contributed by atoms with van der Waals surface area (Å²) in [5.41, 5.74) is 1.85. The summed E-state index contributed by atoms with van der Waals surface area (Å²) in [7, 11) is 1.73. The van der Waals surface area contributed by atoms with Crippen LogP contribution in [0.1, 0.15) is 12.1 Å². The number of carbonyl (C=O) groups excluding carboxylic acids is 1. The van der Waals surface area contributed by atoms with Crippen LogP contribution in [-0.2, 0) is 18.3 Å². The number of aromatic nitrogens is 2. The Balaban J connectivity index is 1.51. The molecule has 0 aliphatic rings. The zero-order chi connectivity index (χ0) is 18.4. The van der Waals surface area contributed by atoms with Crippen molar-refractivity contribution < 1.29 is 4.79 Å². The Bertz CT molecular complexity index is 954. The number of fused-ring (bicyclic) bond motifs is 1. The summed E-state index contributed by atoms with van der Waals surface area (Å²) in [4.78, 5) is 30.0. The first-order valence-electron chi connectivity index (χ1n) is 8.54. The molecule has 0 saturated heterocycles. The van der Waals surface area contributed by atoms with Gasteiger partial charge in [-0.25, -0.2) is 4.98 Å². The minimum Gasteiger partial charge on any atom is -0.355 e. The molecule has 0 atom stereocenters. The summed E-state index contributed by atoms with van der Waals surface area (Å²) >= 11 is 1.70. The highest BCUT2D eigenvalue weighted by atomic mass is 32.2. The molecule has 0 fully saturated rings. The van der Waals surface area contributed by atoms with Crippen LogP contribution in [0, 0.1) is 0 Å². The molecule has 0 saturated carbocycles. The van der Waals surface area contributed by atoms with Gasteiger partial charge in [0.1, 0.15) is 5.69 Å². The van der Waals surface area contributed by atoms with Gasteiger partial charge in [0.2, 0.25) is 5.91 Å². The summed E-state index contributed by atoms with van der Waals surface area (Å²) in [6.07, 6.45) is 0.603. The Labute approximate surface area is 156 Å². The molecule has 1 aromatic heterocycles. The SMILES string of the molecule is Cn1c(=O)c(CCC(=O)NCCSc2ccccc2)nc2ccccc21. The van der Waals surface area contributed by atoms with Crippen molar-refractivity contribution in [1.82, 2.24) is 14.9 Å². The van der Waals surface area contributed by atoms with E-state index in [9.17, 15) is 9.59 Å². The molecule has 1 heterocycles. The number of amides is 1. The van der Waals surface area contributed by atoms with E-state index in [1.54, 1.807) is 23.4 Å². The molecule has 0 spiro atoms. The van der Waals surface area contributed by atoms with Crippen LogP contribution < -0.4 is 10.9 Å². The van der Waals surface area contributed by atoms with Crippen LogP contribution in [0.25, 0.3) is 11.0 Å². The third-order valence-corrected chi connectivity index (χ3v) is 5.09. The third-order valence-electron chi connectivity index (χ3n) is 4.08. The van der Waals surface area contributed by atoms with Gasteiger partial charge in [0, 0.05) is 37.1 Å². The lowest BCUT2D eigenvalue weighted by molar-refractivity contribution is -0.120. The fourth-order valence-corrected chi connectivity index (χ4v) is 3.49. The lowest BCUT2D eigenvalue weighted by Crippen LogP contribution is -2.28. The number of hydrogen-bond acceptors (Lipinski definition) is 4. The number of carbonyl (C=O) groups is 1. The second-order valence-electron chi connectivity index (χ2n) is 5.92. The highest BCUT2D eigenvalue weighted by molar-refractivity contribution is 7.99. The van der Waals surface area contributed by atoms with Gasteiger partial charge in [0.05, 0.1) is 11.0 Å². The molecule has 134 valence electrons. The maximum atomic E-state index is 12.4. The van der Waals surface area contributed by atoms with Gasteiger partial charge in [-0.15, -0.1) is 11.8 Å². The summed E-state index contributed by atoms with van der Waals surface area (Å²) < 4.78 is 1.59. The van der Waals surface area contributed by atoms with Crippen molar-refractivity contribution in [3.8, 4) is 0 Å². The first kappa shape index (κ1) is 18.2. The quantitative estimate of drug-likeness (QED) is 0.515. The maximum Gasteiger partial charge on any atom is 0.272 e. The predicted octanol–water partition coefficient (Wildman–Crippen LogP) is 2.77. The second-order valence-corrected chi connectivity index (χ2v) is 7.09. The zero-order valence-corrected chi connectivity index (χ0v) is 15.5. The molecule has 1 N–H and O–H groups in total. The smallest absolute Gasteiger partial charge is 0.272 e. The average Bonchev–Trinajstić information content (AvgIpc) is 2.68. The number of nitrogens with zero attached hydrogens (tertiary/aromatic N) is 2. The van der Waals surface area contributed by atoms with Crippen LogP contribution in [0.15, 0.2) is 64.3 Å². The Kier molecular flexibility index (Phi) is 6.07. The highest BCUT2D eigenvalue weighted by Gasteiger charge is 2.10. The molecule has 2 aromatic carbocycles. The summed E-state index contributed by atoms with van der Waals surface area (Å²) in [5.74, 6) is 0.752. The van der Waals surface area contributed by atoms with E-state index in [0.717, 1.165) is 16.8 Å². The van der Waals surface area contributed by atoms with E-state index < -0.39 is 0 Å². The Morgan fingerprint density at radius 2 is 1.85 bits per heavy atom. The fraction of sp³-hybridized carbons (Fsp3) is 0.250. The van der Waals surface area contributed by atoms with Crippen molar-refractivity contribution in [2.75, 3.05) is 12.3 Å². The van der Waals surface area contributed by atoms with E-state index in [-0.39, 0.29) is 17.9 Å². The van der Waals surface area contributed by atoms with Gasteiger partial charge in [-0.2, -0.15) is 0 Å². The summed E-state index contributed by atoms with van der Waals surface area (Å²) in [5, 5.41) is 2.90.